The average Bonchev–Trinajstić information content (AvgIpc) is 2.41. The van der Waals surface area contributed by atoms with Crippen molar-refractivity contribution in [3.8, 4) is 0 Å². The molecule has 0 heterocycles. The second kappa shape index (κ2) is 7.81. The standard InChI is InChI=1S/C17H26N2O2/c1-13-8-5-6-9-14(13)12-19-15(20)10-7-11-18-16(21)17(2,3)4/h5-6,8-9H,7,10-12H2,1-4H3,(H,18,21)(H,19,20). The van der Waals surface area contributed by atoms with Gasteiger partial charge in [0, 0.05) is 24.9 Å². The topological polar surface area (TPSA) is 58.2 Å². The average molecular weight is 290 g/mol. The highest BCUT2D eigenvalue weighted by molar-refractivity contribution is 5.81. The molecule has 0 radical (unpaired) electrons. The van der Waals surface area contributed by atoms with Crippen molar-refractivity contribution >= 4 is 11.8 Å². The molecular formula is C17H26N2O2. The van der Waals surface area contributed by atoms with Gasteiger partial charge in [-0.05, 0) is 24.5 Å². The Morgan fingerprint density at radius 2 is 1.76 bits per heavy atom. The third kappa shape index (κ3) is 6.43. The fourth-order valence-corrected chi connectivity index (χ4v) is 1.81. The quantitative estimate of drug-likeness (QED) is 0.791. The van der Waals surface area contributed by atoms with Crippen molar-refractivity contribution in [1.82, 2.24) is 10.6 Å². The number of hydrogen-bond donors (Lipinski definition) is 2. The molecular weight excluding hydrogens is 264 g/mol. The van der Waals surface area contributed by atoms with Gasteiger partial charge in [0.2, 0.25) is 11.8 Å². The van der Waals surface area contributed by atoms with Gasteiger partial charge in [0.15, 0.2) is 0 Å². The van der Waals surface area contributed by atoms with E-state index in [1.165, 1.54) is 5.56 Å². The number of hydrogen-bond acceptors (Lipinski definition) is 2. The lowest BCUT2D eigenvalue weighted by Crippen LogP contribution is -2.35. The Hall–Kier alpha value is -1.84. The van der Waals surface area contributed by atoms with Crippen LogP contribution in [0, 0.1) is 12.3 Å². The van der Waals surface area contributed by atoms with Crippen LogP contribution in [0.5, 0.6) is 0 Å². The number of rotatable bonds is 6. The molecule has 21 heavy (non-hydrogen) atoms. The van der Waals surface area contributed by atoms with Gasteiger partial charge in [-0.3, -0.25) is 9.59 Å². The summed E-state index contributed by atoms with van der Waals surface area (Å²) in [6.07, 6.45) is 1.08. The molecule has 0 aromatic heterocycles. The van der Waals surface area contributed by atoms with Gasteiger partial charge >= 0.3 is 0 Å². The van der Waals surface area contributed by atoms with E-state index >= 15 is 0 Å². The van der Waals surface area contributed by atoms with Crippen LogP contribution in [-0.2, 0) is 16.1 Å². The molecule has 1 aromatic carbocycles. The molecule has 0 bridgehead atoms. The van der Waals surface area contributed by atoms with Gasteiger partial charge in [0.05, 0.1) is 0 Å². The molecule has 0 saturated heterocycles. The lowest BCUT2D eigenvalue weighted by Gasteiger charge is -2.17. The summed E-state index contributed by atoms with van der Waals surface area (Å²) in [4.78, 5) is 23.4. The Morgan fingerprint density at radius 1 is 1.10 bits per heavy atom. The van der Waals surface area contributed by atoms with Crippen LogP contribution >= 0.6 is 0 Å². The number of carbonyl (C=O) groups is 2. The van der Waals surface area contributed by atoms with E-state index < -0.39 is 0 Å². The van der Waals surface area contributed by atoms with E-state index in [0.29, 0.717) is 25.9 Å². The molecule has 1 rings (SSSR count). The van der Waals surface area contributed by atoms with Crippen LogP contribution in [-0.4, -0.2) is 18.4 Å². The number of benzene rings is 1. The number of aryl methyl sites for hydroxylation is 1. The highest BCUT2D eigenvalue weighted by atomic mass is 16.2. The summed E-state index contributed by atoms with van der Waals surface area (Å²) < 4.78 is 0. The second-order valence-electron chi connectivity index (χ2n) is 6.31. The zero-order valence-electron chi connectivity index (χ0n) is 13.5. The molecule has 0 spiro atoms. The first-order chi connectivity index (χ1) is 9.80. The van der Waals surface area contributed by atoms with Crippen LogP contribution < -0.4 is 10.6 Å². The van der Waals surface area contributed by atoms with Crippen molar-refractivity contribution in [2.75, 3.05) is 6.54 Å². The van der Waals surface area contributed by atoms with Crippen molar-refractivity contribution in [3.05, 3.63) is 35.4 Å². The van der Waals surface area contributed by atoms with Crippen molar-refractivity contribution < 1.29 is 9.59 Å². The summed E-state index contributed by atoms with van der Waals surface area (Å²) >= 11 is 0. The van der Waals surface area contributed by atoms with Crippen molar-refractivity contribution in [2.24, 2.45) is 5.41 Å². The Kier molecular flexibility index (Phi) is 6.40. The van der Waals surface area contributed by atoms with Gasteiger partial charge in [0.25, 0.3) is 0 Å². The molecule has 0 aliphatic heterocycles. The zero-order chi connectivity index (χ0) is 15.9. The number of carbonyl (C=O) groups excluding carboxylic acids is 2. The van der Waals surface area contributed by atoms with E-state index in [1.54, 1.807) is 0 Å². The van der Waals surface area contributed by atoms with Gasteiger partial charge in [-0.2, -0.15) is 0 Å². The molecule has 0 aliphatic carbocycles. The van der Waals surface area contributed by atoms with Crippen LogP contribution in [0.2, 0.25) is 0 Å². The minimum absolute atomic E-state index is 0.0165. The summed E-state index contributed by atoms with van der Waals surface area (Å²) in [5.74, 6) is 0.0334. The molecule has 116 valence electrons. The van der Waals surface area contributed by atoms with Crippen molar-refractivity contribution in [1.29, 1.82) is 0 Å². The van der Waals surface area contributed by atoms with E-state index in [1.807, 2.05) is 52.0 Å². The normalized spacial score (nSPS) is 11.0. The van der Waals surface area contributed by atoms with Crippen LogP contribution in [0.3, 0.4) is 0 Å². The van der Waals surface area contributed by atoms with E-state index in [0.717, 1.165) is 5.56 Å². The molecule has 0 fully saturated rings. The molecule has 1 aromatic rings. The zero-order valence-corrected chi connectivity index (χ0v) is 13.5. The first-order valence-corrected chi connectivity index (χ1v) is 7.40. The van der Waals surface area contributed by atoms with E-state index in [2.05, 4.69) is 10.6 Å². The lowest BCUT2D eigenvalue weighted by molar-refractivity contribution is -0.128. The van der Waals surface area contributed by atoms with Crippen LogP contribution in [0.1, 0.15) is 44.7 Å². The minimum atomic E-state index is -0.382. The maximum atomic E-state index is 11.7. The SMILES string of the molecule is Cc1ccccc1CNC(=O)CCCNC(=O)C(C)(C)C. The number of nitrogens with one attached hydrogen (secondary N) is 2. The van der Waals surface area contributed by atoms with E-state index in [4.69, 9.17) is 0 Å². The molecule has 0 atom stereocenters. The summed E-state index contributed by atoms with van der Waals surface area (Å²) in [5.41, 5.74) is 1.93. The first kappa shape index (κ1) is 17.2. The van der Waals surface area contributed by atoms with Gasteiger partial charge in [-0.15, -0.1) is 0 Å². The van der Waals surface area contributed by atoms with Crippen molar-refractivity contribution in [3.63, 3.8) is 0 Å². The predicted molar refractivity (Wildman–Crippen MR) is 84.7 cm³/mol. The Labute approximate surface area is 127 Å². The molecule has 4 heteroatoms. The van der Waals surface area contributed by atoms with Crippen LogP contribution in [0.4, 0.5) is 0 Å². The summed E-state index contributed by atoms with van der Waals surface area (Å²) in [6.45, 7) is 8.74. The maximum absolute atomic E-state index is 11.7. The third-order valence-electron chi connectivity index (χ3n) is 3.28. The molecule has 4 nitrogen and oxygen atoms in total. The van der Waals surface area contributed by atoms with Crippen molar-refractivity contribution in [2.45, 2.75) is 47.1 Å². The third-order valence-corrected chi connectivity index (χ3v) is 3.28. The fraction of sp³-hybridized carbons (Fsp3) is 0.529. The predicted octanol–water partition coefficient (Wildman–Crippen LogP) is 2.55. The summed E-state index contributed by atoms with van der Waals surface area (Å²) in [6, 6.07) is 8.00. The second-order valence-corrected chi connectivity index (χ2v) is 6.31. The monoisotopic (exact) mass is 290 g/mol. The Bertz CT molecular complexity index is 490. The lowest BCUT2D eigenvalue weighted by atomic mass is 9.96. The minimum Gasteiger partial charge on any atom is -0.356 e. The maximum Gasteiger partial charge on any atom is 0.225 e. The highest BCUT2D eigenvalue weighted by Crippen LogP contribution is 2.12. The first-order valence-electron chi connectivity index (χ1n) is 7.40. The highest BCUT2D eigenvalue weighted by Gasteiger charge is 2.20. The largest absolute Gasteiger partial charge is 0.356 e. The number of amides is 2. The van der Waals surface area contributed by atoms with Gasteiger partial charge in [-0.1, -0.05) is 45.0 Å². The van der Waals surface area contributed by atoms with Gasteiger partial charge in [0.1, 0.15) is 0 Å². The molecule has 0 aliphatic rings. The van der Waals surface area contributed by atoms with E-state index in [9.17, 15) is 9.59 Å². The van der Waals surface area contributed by atoms with Crippen LogP contribution in [0.15, 0.2) is 24.3 Å². The summed E-state index contributed by atoms with van der Waals surface area (Å²) in [5, 5.41) is 5.75. The molecule has 2 amide bonds. The Balaban J connectivity index is 2.21. The van der Waals surface area contributed by atoms with Gasteiger partial charge < -0.3 is 10.6 Å². The molecule has 0 saturated carbocycles. The molecule has 2 N–H and O–H groups in total. The fourth-order valence-electron chi connectivity index (χ4n) is 1.81. The Morgan fingerprint density at radius 3 is 2.38 bits per heavy atom. The van der Waals surface area contributed by atoms with Gasteiger partial charge in [-0.25, -0.2) is 0 Å². The smallest absolute Gasteiger partial charge is 0.225 e. The van der Waals surface area contributed by atoms with E-state index in [-0.39, 0.29) is 17.2 Å². The van der Waals surface area contributed by atoms with Crippen LogP contribution in [0.25, 0.3) is 0 Å². The molecule has 0 unspecified atom stereocenters. The summed E-state index contributed by atoms with van der Waals surface area (Å²) in [7, 11) is 0.